The van der Waals surface area contributed by atoms with Crippen molar-refractivity contribution in [3.8, 4) is 0 Å². The number of carboxylic acids is 1. The minimum Gasteiger partial charge on any atom is -0.480 e. The molecule has 0 fully saturated rings. The molecular weight excluding hydrogens is 239 g/mol. The average Bonchev–Trinajstić information content (AvgIpc) is 2.13. The van der Waals surface area contributed by atoms with Crippen LogP contribution in [0.5, 0.6) is 0 Å². The Hall–Kier alpha value is -0.820. The fraction of sp³-hybridized carbons (Fsp3) is 0.900. The lowest BCUT2D eigenvalue weighted by molar-refractivity contribution is -0.155. The largest absolute Gasteiger partial charge is 0.480 e. The number of nitrogens with zero attached hydrogens (tertiary/aromatic N) is 1. The number of alkyl halides is 3. The number of unbranched alkanes of at least 4 members (excludes halogenated alkanes) is 1. The zero-order chi connectivity index (χ0) is 13.3. The van der Waals surface area contributed by atoms with Gasteiger partial charge in [-0.15, -0.1) is 0 Å². The van der Waals surface area contributed by atoms with Crippen molar-refractivity contribution < 1.29 is 27.8 Å². The van der Waals surface area contributed by atoms with Crippen molar-refractivity contribution in [1.29, 1.82) is 0 Å². The Morgan fingerprint density at radius 1 is 1.35 bits per heavy atom. The lowest BCUT2D eigenvalue weighted by Gasteiger charge is -2.21. The summed E-state index contributed by atoms with van der Waals surface area (Å²) in [6.07, 6.45) is -2.60. The molecule has 0 radical (unpaired) electrons. The van der Waals surface area contributed by atoms with Crippen molar-refractivity contribution in [2.75, 3.05) is 32.8 Å². The molecule has 102 valence electrons. The van der Waals surface area contributed by atoms with Gasteiger partial charge in [-0.25, -0.2) is 0 Å². The van der Waals surface area contributed by atoms with Crippen LogP contribution in [0.1, 0.15) is 19.8 Å². The Morgan fingerprint density at radius 2 is 2.00 bits per heavy atom. The van der Waals surface area contributed by atoms with Gasteiger partial charge in [0, 0.05) is 13.2 Å². The van der Waals surface area contributed by atoms with Gasteiger partial charge in [0.1, 0.15) is 0 Å². The summed E-state index contributed by atoms with van der Waals surface area (Å²) in [6, 6.07) is 0. The molecule has 0 amide bonds. The summed E-state index contributed by atoms with van der Waals surface area (Å²) in [4.78, 5) is 11.2. The zero-order valence-electron chi connectivity index (χ0n) is 9.79. The second-order valence-corrected chi connectivity index (χ2v) is 3.69. The molecule has 0 saturated carbocycles. The van der Waals surface area contributed by atoms with E-state index in [1.165, 1.54) is 0 Å². The van der Waals surface area contributed by atoms with Gasteiger partial charge < -0.3 is 9.84 Å². The van der Waals surface area contributed by atoms with E-state index in [2.05, 4.69) is 0 Å². The Labute approximate surface area is 98.3 Å². The maximum absolute atomic E-state index is 12.1. The van der Waals surface area contributed by atoms with Gasteiger partial charge in [0.05, 0.1) is 19.7 Å². The van der Waals surface area contributed by atoms with Gasteiger partial charge in [0.15, 0.2) is 0 Å². The molecule has 0 aliphatic carbocycles. The summed E-state index contributed by atoms with van der Waals surface area (Å²) >= 11 is 0. The van der Waals surface area contributed by atoms with E-state index < -0.39 is 25.2 Å². The molecule has 7 heteroatoms. The monoisotopic (exact) mass is 257 g/mol. The Morgan fingerprint density at radius 3 is 2.47 bits per heavy atom. The number of hydrogen-bond acceptors (Lipinski definition) is 3. The summed E-state index contributed by atoms with van der Waals surface area (Å²) in [5, 5.41) is 8.47. The highest BCUT2D eigenvalue weighted by atomic mass is 19.4. The van der Waals surface area contributed by atoms with Crippen molar-refractivity contribution in [2.45, 2.75) is 25.9 Å². The van der Waals surface area contributed by atoms with Gasteiger partial charge >= 0.3 is 12.1 Å². The molecule has 0 bridgehead atoms. The average molecular weight is 257 g/mol. The summed E-state index contributed by atoms with van der Waals surface area (Å²) in [7, 11) is 0. The van der Waals surface area contributed by atoms with Gasteiger partial charge in [-0.2, -0.15) is 13.2 Å². The van der Waals surface area contributed by atoms with E-state index in [9.17, 15) is 18.0 Å². The van der Waals surface area contributed by atoms with E-state index in [0.29, 0.717) is 6.61 Å². The predicted molar refractivity (Wildman–Crippen MR) is 55.9 cm³/mol. The number of ether oxygens (including phenoxy) is 1. The van der Waals surface area contributed by atoms with Gasteiger partial charge in [-0.05, 0) is 6.42 Å². The first-order valence-electron chi connectivity index (χ1n) is 5.43. The smallest absolute Gasteiger partial charge is 0.401 e. The van der Waals surface area contributed by atoms with Crippen molar-refractivity contribution in [2.24, 2.45) is 0 Å². The van der Waals surface area contributed by atoms with Crippen molar-refractivity contribution in [1.82, 2.24) is 4.90 Å². The van der Waals surface area contributed by atoms with E-state index in [1.807, 2.05) is 6.92 Å². The van der Waals surface area contributed by atoms with Crippen LogP contribution in [0.15, 0.2) is 0 Å². The third kappa shape index (κ3) is 11.4. The number of rotatable bonds is 9. The first kappa shape index (κ1) is 16.2. The third-order valence-electron chi connectivity index (χ3n) is 1.96. The molecule has 1 N–H and O–H groups in total. The van der Waals surface area contributed by atoms with E-state index in [4.69, 9.17) is 9.84 Å². The van der Waals surface area contributed by atoms with E-state index in [1.54, 1.807) is 0 Å². The molecule has 0 aromatic carbocycles. The lowest BCUT2D eigenvalue weighted by Crippen LogP contribution is -2.39. The summed E-state index contributed by atoms with van der Waals surface area (Å²) < 4.78 is 41.4. The van der Waals surface area contributed by atoms with Crippen molar-refractivity contribution in [3.63, 3.8) is 0 Å². The molecule has 0 aromatic rings. The van der Waals surface area contributed by atoms with E-state index in [-0.39, 0.29) is 13.2 Å². The second kappa shape index (κ2) is 8.30. The predicted octanol–water partition coefficient (Wildman–Crippen LogP) is 1.75. The molecule has 0 rings (SSSR count). The maximum atomic E-state index is 12.1. The van der Waals surface area contributed by atoms with Crippen molar-refractivity contribution >= 4 is 5.97 Å². The van der Waals surface area contributed by atoms with Gasteiger partial charge in [-0.1, -0.05) is 13.3 Å². The quantitative estimate of drug-likeness (QED) is 0.639. The highest BCUT2D eigenvalue weighted by Gasteiger charge is 2.31. The van der Waals surface area contributed by atoms with E-state index in [0.717, 1.165) is 17.7 Å². The molecule has 0 aliphatic heterocycles. The lowest BCUT2D eigenvalue weighted by atomic mass is 10.4. The van der Waals surface area contributed by atoms with Crippen LogP contribution in [-0.2, 0) is 9.53 Å². The Kier molecular flexibility index (Phi) is 7.90. The summed E-state index contributed by atoms with van der Waals surface area (Å²) in [5.74, 6) is -1.28. The van der Waals surface area contributed by atoms with Crippen LogP contribution >= 0.6 is 0 Å². The summed E-state index contributed by atoms with van der Waals surface area (Å²) in [5.41, 5.74) is 0. The normalized spacial score (nSPS) is 12.1. The molecular formula is C10H18F3NO3. The second-order valence-electron chi connectivity index (χ2n) is 3.69. The Bertz CT molecular complexity index is 221. The molecule has 0 spiro atoms. The minimum atomic E-state index is -4.39. The van der Waals surface area contributed by atoms with Crippen LogP contribution in [0.2, 0.25) is 0 Å². The molecule has 0 unspecified atom stereocenters. The number of hydrogen-bond donors (Lipinski definition) is 1. The van der Waals surface area contributed by atoms with Crippen molar-refractivity contribution in [3.05, 3.63) is 0 Å². The molecule has 17 heavy (non-hydrogen) atoms. The highest BCUT2D eigenvalue weighted by molar-refractivity contribution is 5.69. The minimum absolute atomic E-state index is 0.0322. The number of carboxylic acid groups (broad SMARTS) is 1. The number of aliphatic carboxylic acids is 1. The van der Waals surface area contributed by atoms with Crippen LogP contribution in [0, 0.1) is 0 Å². The number of carbonyl (C=O) groups is 1. The van der Waals surface area contributed by atoms with E-state index >= 15 is 0 Å². The topological polar surface area (TPSA) is 49.8 Å². The zero-order valence-corrected chi connectivity index (χ0v) is 9.79. The van der Waals surface area contributed by atoms with Gasteiger partial charge in [0.25, 0.3) is 0 Å². The third-order valence-corrected chi connectivity index (χ3v) is 1.96. The van der Waals surface area contributed by atoms with Gasteiger partial charge in [-0.3, -0.25) is 9.69 Å². The van der Waals surface area contributed by atoms with Crippen LogP contribution in [0.25, 0.3) is 0 Å². The molecule has 0 aliphatic rings. The molecule has 0 saturated heterocycles. The SMILES string of the molecule is CCCCOCCN(CC(=O)O)CC(F)(F)F. The van der Waals surface area contributed by atoms with Crippen LogP contribution in [-0.4, -0.2) is 55.0 Å². The van der Waals surface area contributed by atoms with Crippen LogP contribution in [0.4, 0.5) is 13.2 Å². The van der Waals surface area contributed by atoms with Gasteiger partial charge in [0.2, 0.25) is 0 Å². The van der Waals surface area contributed by atoms with Crippen LogP contribution < -0.4 is 0 Å². The fourth-order valence-electron chi connectivity index (χ4n) is 1.20. The fourth-order valence-corrected chi connectivity index (χ4v) is 1.20. The molecule has 0 aromatic heterocycles. The Balaban J connectivity index is 3.90. The molecule has 4 nitrogen and oxygen atoms in total. The highest BCUT2D eigenvalue weighted by Crippen LogP contribution is 2.16. The van der Waals surface area contributed by atoms with Crippen LogP contribution in [0.3, 0.4) is 0 Å². The maximum Gasteiger partial charge on any atom is 0.401 e. The first-order chi connectivity index (χ1) is 7.85. The number of halogens is 3. The standard InChI is InChI=1S/C10H18F3NO3/c1-2-3-5-17-6-4-14(7-9(15)16)8-10(11,12)13/h2-8H2,1H3,(H,15,16). The molecule has 0 atom stereocenters. The first-order valence-corrected chi connectivity index (χ1v) is 5.43. The summed E-state index contributed by atoms with van der Waals surface area (Å²) in [6.45, 7) is 0.694. The molecule has 0 heterocycles.